The maximum absolute atomic E-state index is 12.3. The van der Waals surface area contributed by atoms with E-state index in [1.54, 1.807) is 7.11 Å². The smallest absolute Gasteiger partial charge is 0.224 e. The highest BCUT2D eigenvalue weighted by atomic mass is 35.5. The van der Waals surface area contributed by atoms with E-state index >= 15 is 0 Å². The van der Waals surface area contributed by atoms with Crippen LogP contribution in [0, 0.1) is 11.3 Å². The summed E-state index contributed by atoms with van der Waals surface area (Å²) >= 11 is 6.32. The van der Waals surface area contributed by atoms with E-state index in [-0.39, 0.29) is 23.8 Å². The molecule has 2 aliphatic rings. The molecule has 0 radical (unpaired) electrons. The maximum atomic E-state index is 12.3. The summed E-state index contributed by atoms with van der Waals surface area (Å²) in [7, 11) is 1.60. The Labute approximate surface area is 166 Å². The molecule has 7 nitrogen and oxygen atoms in total. The van der Waals surface area contributed by atoms with Gasteiger partial charge in [-0.25, -0.2) is 4.98 Å². The number of aliphatic hydroxyl groups excluding tert-OH is 1. The highest BCUT2D eigenvalue weighted by Crippen LogP contribution is 2.43. The normalized spacial score (nSPS) is 25.3. The molecule has 3 heterocycles. The van der Waals surface area contributed by atoms with Crippen molar-refractivity contribution in [2.75, 3.05) is 46.5 Å². The van der Waals surface area contributed by atoms with Crippen molar-refractivity contribution >= 4 is 17.5 Å². The van der Waals surface area contributed by atoms with Gasteiger partial charge in [0.1, 0.15) is 5.82 Å². The lowest BCUT2D eigenvalue weighted by Gasteiger charge is -2.27. The number of hydrogen-bond acceptors (Lipinski definition) is 5. The summed E-state index contributed by atoms with van der Waals surface area (Å²) in [6.07, 6.45) is 3.53. The van der Waals surface area contributed by atoms with E-state index in [1.807, 2.05) is 4.90 Å². The van der Waals surface area contributed by atoms with Crippen molar-refractivity contribution in [1.82, 2.24) is 19.8 Å². The van der Waals surface area contributed by atoms with Crippen molar-refractivity contribution < 1.29 is 14.6 Å². The minimum Gasteiger partial charge on any atom is -0.396 e. The Kier molecular flexibility index (Phi) is 6.78. The second-order valence-electron chi connectivity index (χ2n) is 7.96. The van der Waals surface area contributed by atoms with E-state index in [4.69, 9.17) is 16.3 Å². The molecule has 2 atom stereocenters. The molecule has 1 aromatic rings. The number of aliphatic hydroxyl groups is 1. The van der Waals surface area contributed by atoms with E-state index in [9.17, 15) is 9.90 Å². The summed E-state index contributed by atoms with van der Waals surface area (Å²) in [5.41, 5.74) is 0.712. The van der Waals surface area contributed by atoms with Crippen molar-refractivity contribution in [3.63, 3.8) is 0 Å². The third-order valence-corrected chi connectivity index (χ3v) is 6.26. The fourth-order valence-corrected chi connectivity index (χ4v) is 4.61. The third-order valence-electron chi connectivity index (χ3n) is 5.94. The van der Waals surface area contributed by atoms with E-state index in [1.165, 1.54) is 0 Å². The first-order chi connectivity index (χ1) is 13.0. The van der Waals surface area contributed by atoms with Crippen LogP contribution < -0.4 is 0 Å². The summed E-state index contributed by atoms with van der Waals surface area (Å²) in [6.45, 7) is 6.34. The standard InChI is InChI=1S/C19H31ClN4O3/c1-3-4-5-16-21-15(18(20)22-16)10-23-8-14-9-24(17(26)6-7-27-2)12-19(14,11-23)13-25/h14,25H,3-13H2,1-2H3,(H,21,22)/t14-,19+/m0/s1. The van der Waals surface area contributed by atoms with Crippen LogP contribution in [0.1, 0.15) is 37.7 Å². The Morgan fingerprint density at radius 1 is 1.44 bits per heavy atom. The minimum absolute atomic E-state index is 0.0979. The van der Waals surface area contributed by atoms with Gasteiger partial charge in [-0.1, -0.05) is 24.9 Å². The summed E-state index contributed by atoms with van der Waals surface area (Å²) < 4.78 is 5.01. The van der Waals surface area contributed by atoms with Gasteiger partial charge in [-0.15, -0.1) is 0 Å². The zero-order chi connectivity index (χ0) is 19.4. The quantitative estimate of drug-likeness (QED) is 0.661. The molecular weight excluding hydrogens is 368 g/mol. The molecule has 2 fully saturated rings. The van der Waals surface area contributed by atoms with Gasteiger partial charge in [0, 0.05) is 51.7 Å². The SMILES string of the molecule is CCCCc1nc(Cl)c(CN2C[C@H]3CN(C(=O)CCOC)C[C@@]3(CO)C2)[nH]1. The third kappa shape index (κ3) is 4.47. The fraction of sp³-hybridized carbons (Fsp3) is 0.789. The number of aromatic amines is 1. The number of H-pyrrole nitrogens is 1. The molecule has 2 saturated heterocycles. The van der Waals surface area contributed by atoms with E-state index < -0.39 is 0 Å². The van der Waals surface area contributed by atoms with E-state index in [0.717, 1.165) is 43.9 Å². The molecule has 0 aromatic carbocycles. The second-order valence-corrected chi connectivity index (χ2v) is 8.32. The van der Waals surface area contributed by atoms with Crippen LogP contribution in [0.5, 0.6) is 0 Å². The van der Waals surface area contributed by atoms with Gasteiger partial charge in [0.25, 0.3) is 0 Å². The molecule has 0 saturated carbocycles. The minimum atomic E-state index is -0.236. The molecule has 27 heavy (non-hydrogen) atoms. The maximum Gasteiger partial charge on any atom is 0.224 e. The van der Waals surface area contributed by atoms with Crippen molar-refractivity contribution in [2.24, 2.45) is 11.3 Å². The number of likely N-dealkylation sites (tertiary alicyclic amines) is 2. The molecule has 0 bridgehead atoms. The molecule has 152 valence electrons. The number of imidazole rings is 1. The summed E-state index contributed by atoms with van der Waals surface area (Å²) in [4.78, 5) is 24.3. The Morgan fingerprint density at radius 3 is 2.93 bits per heavy atom. The van der Waals surface area contributed by atoms with Gasteiger partial charge in [-0.05, 0) is 12.3 Å². The number of fused-ring (bicyclic) bond motifs is 1. The average Bonchev–Trinajstić information content (AvgIpc) is 3.28. The van der Waals surface area contributed by atoms with Crippen LogP contribution in [0.2, 0.25) is 5.15 Å². The average molecular weight is 399 g/mol. The van der Waals surface area contributed by atoms with Gasteiger partial charge in [-0.2, -0.15) is 0 Å². The van der Waals surface area contributed by atoms with Crippen LogP contribution in [0.25, 0.3) is 0 Å². The number of methoxy groups -OCH3 is 1. The van der Waals surface area contributed by atoms with E-state index in [2.05, 4.69) is 21.8 Å². The first-order valence-electron chi connectivity index (χ1n) is 9.84. The van der Waals surface area contributed by atoms with Gasteiger partial charge in [-0.3, -0.25) is 9.69 Å². The number of aryl methyl sites for hydroxylation is 1. The monoisotopic (exact) mass is 398 g/mol. The van der Waals surface area contributed by atoms with Crippen molar-refractivity contribution in [3.8, 4) is 0 Å². The molecular formula is C19H31ClN4O3. The number of carbonyl (C=O) groups excluding carboxylic acids is 1. The van der Waals surface area contributed by atoms with Gasteiger partial charge in [0.2, 0.25) is 5.91 Å². The number of rotatable bonds is 9. The molecule has 1 aromatic heterocycles. The Morgan fingerprint density at radius 2 is 2.26 bits per heavy atom. The van der Waals surface area contributed by atoms with Gasteiger partial charge >= 0.3 is 0 Å². The zero-order valence-corrected chi connectivity index (χ0v) is 17.1. The molecule has 0 spiro atoms. The van der Waals surface area contributed by atoms with E-state index in [0.29, 0.717) is 37.8 Å². The number of unbranched alkanes of at least 4 members (excludes halogenated alkanes) is 1. The van der Waals surface area contributed by atoms with Crippen molar-refractivity contribution in [1.29, 1.82) is 0 Å². The van der Waals surface area contributed by atoms with Crippen LogP contribution in [0.3, 0.4) is 0 Å². The number of halogens is 1. The lowest BCUT2D eigenvalue weighted by atomic mass is 9.82. The van der Waals surface area contributed by atoms with Crippen LogP contribution in [-0.2, 0) is 22.5 Å². The largest absolute Gasteiger partial charge is 0.396 e. The summed E-state index contributed by atoms with van der Waals surface area (Å²) in [5.74, 6) is 1.35. The number of carbonyl (C=O) groups is 1. The topological polar surface area (TPSA) is 81.7 Å². The lowest BCUT2D eigenvalue weighted by molar-refractivity contribution is -0.131. The fourth-order valence-electron chi connectivity index (χ4n) is 4.40. The van der Waals surface area contributed by atoms with Gasteiger partial charge < -0.3 is 19.7 Å². The van der Waals surface area contributed by atoms with Crippen LogP contribution in [0.15, 0.2) is 0 Å². The Balaban J connectivity index is 1.60. The number of hydrogen-bond donors (Lipinski definition) is 2. The number of amides is 1. The van der Waals surface area contributed by atoms with Crippen LogP contribution in [0.4, 0.5) is 0 Å². The number of ether oxygens (including phenoxy) is 1. The van der Waals surface area contributed by atoms with Crippen molar-refractivity contribution in [2.45, 2.75) is 39.2 Å². The molecule has 0 aliphatic carbocycles. The molecule has 2 N–H and O–H groups in total. The Bertz CT molecular complexity index is 653. The molecule has 0 unspecified atom stereocenters. The highest BCUT2D eigenvalue weighted by molar-refractivity contribution is 6.30. The number of aromatic nitrogens is 2. The number of nitrogens with zero attached hydrogens (tertiary/aromatic N) is 3. The first kappa shape index (κ1) is 20.6. The predicted octanol–water partition coefficient (Wildman–Crippen LogP) is 1.69. The summed E-state index contributed by atoms with van der Waals surface area (Å²) in [6, 6.07) is 0. The predicted molar refractivity (Wildman–Crippen MR) is 104 cm³/mol. The molecule has 3 rings (SSSR count). The lowest BCUT2D eigenvalue weighted by Crippen LogP contribution is -2.39. The Hall–Kier alpha value is -1.15. The zero-order valence-electron chi connectivity index (χ0n) is 16.3. The van der Waals surface area contributed by atoms with Gasteiger partial charge in [0.05, 0.1) is 25.3 Å². The van der Waals surface area contributed by atoms with Gasteiger partial charge in [0.15, 0.2) is 5.15 Å². The summed E-state index contributed by atoms with van der Waals surface area (Å²) in [5, 5.41) is 10.7. The molecule has 1 amide bonds. The highest BCUT2D eigenvalue weighted by Gasteiger charge is 2.53. The second kappa shape index (κ2) is 8.90. The molecule has 2 aliphatic heterocycles. The van der Waals surface area contributed by atoms with Crippen LogP contribution >= 0.6 is 11.6 Å². The number of nitrogens with one attached hydrogen (secondary N) is 1. The molecule has 8 heteroatoms. The van der Waals surface area contributed by atoms with Crippen molar-refractivity contribution in [3.05, 3.63) is 16.7 Å². The first-order valence-corrected chi connectivity index (χ1v) is 10.2. The van der Waals surface area contributed by atoms with Crippen LogP contribution in [-0.4, -0.2) is 77.3 Å².